The molecule has 6 heteroatoms. The van der Waals surface area contributed by atoms with Gasteiger partial charge in [-0.1, -0.05) is 6.42 Å². The second-order valence-corrected chi connectivity index (χ2v) is 5.27. The lowest BCUT2D eigenvalue weighted by atomic mass is 10.2. The van der Waals surface area contributed by atoms with Gasteiger partial charge in [-0.05, 0) is 25.2 Å². The Hall–Kier alpha value is -1.01. The quantitative estimate of drug-likeness (QED) is 0.647. The zero-order valence-corrected chi connectivity index (χ0v) is 10.5. The molecule has 0 radical (unpaired) electrons. The van der Waals surface area contributed by atoms with Crippen molar-refractivity contribution in [3.8, 4) is 0 Å². The van der Waals surface area contributed by atoms with Crippen LogP contribution in [0.1, 0.15) is 25.0 Å². The summed E-state index contributed by atoms with van der Waals surface area (Å²) in [6, 6.07) is 3.56. The van der Waals surface area contributed by atoms with Gasteiger partial charge in [0.05, 0.1) is 12.6 Å². The molecule has 1 aliphatic carbocycles. The molecule has 1 saturated carbocycles. The maximum absolute atomic E-state index is 10.5. The Bertz CT molecular complexity index is 394. The summed E-state index contributed by atoms with van der Waals surface area (Å²) >= 11 is 1.88. The Morgan fingerprint density at radius 1 is 1.59 bits per heavy atom. The molecule has 1 aromatic rings. The van der Waals surface area contributed by atoms with Crippen LogP contribution < -0.4 is 5.32 Å². The van der Waals surface area contributed by atoms with Gasteiger partial charge in [0.1, 0.15) is 10.7 Å². The van der Waals surface area contributed by atoms with E-state index in [1.165, 1.54) is 25.3 Å². The highest BCUT2D eigenvalue weighted by Gasteiger charge is 2.26. The molecule has 0 aromatic carbocycles. The lowest BCUT2D eigenvalue weighted by Gasteiger charge is -2.18. The highest BCUT2D eigenvalue weighted by Crippen LogP contribution is 2.28. The van der Waals surface area contributed by atoms with Gasteiger partial charge in [0, 0.05) is 11.3 Å². The van der Waals surface area contributed by atoms with Crippen molar-refractivity contribution < 1.29 is 9.34 Å². The fraction of sp³-hybridized carbons (Fsp3) is 0.636. The van der Waals surface area contributed by atoms with E-state index in [0.29, 0.717) is 23.6 Å². The normalized spacial score (nSPS) is 24.1. The van der Waals surface area contributed by atoms with Crippen LogP contribution in [0, 0.1) is 10.1 Å². The third-order valence-corrected chi connectivity index (χ3v) is 4.29. The third-order valence-electron chi connectivity index (χ3n) is 3.12. The highest BCUT2D eigenvalue weighted by molar-refractivity contribution is 7.99. The molecule has 0 saturated heterocycles. The van der Waals surface area contributed by atoms with Crippen molar-refractivity contribution in [1.29, 1.82) is 0 Å². The molecule has 94 valence electrons. The van der Waals surface area contributed by atoms with Crippen LogP contribution in [0.3, 0.4) is 0 Å². The topological polar surface area (TPSA) is 68.3 Å². The van der Waals surface area contributed by atoms with Crippen LogP contribution in [0.15, 0.2) is 16.5 Å². The Balaban J connectivity index is 1.86. The van der Waals surface area contributed by atoms with Crippen molar-refractivity contribution in [2.24, 2.45) is 0 Å². The number of nitrogens with zero attached hydrogens (tertiary/aromatic N) is 1. The first-order chi connectivity index (χ1) is 8.20. The van der Waals surface area contributed by atoms with Crippen molar-refractivity contribution in [2.45, 2.75) is 37.1 Å². The first-order valence-electron chi connectivity index (χ1n) is 5.70. The van der Waals surface area contributed by atoms with E-state index in [1.807, 2.05) is 11.8 Å². The summed E-state index contributed by atoms with van der Waals surface area (Å²) in [5.74, 6) is 0.443. The fourth-order valence-electron chi connectivity index (χ4n) is 2.23. The minimum Gasteiger partial charge on any atom is -0.404 e. The van der Waals surface area contributed by atoms with Crippen LogP contribution >= 0.6 is 11.8 Å². The summed E-state index contributed by atoms with van der Waals surface area (Å²) in [6.07, 6.45) is 5.80. The standard InChI is InChI=1S/C11H16N2O3S/c1-17-10-4-2-3-9(10)12-7-8-5-6-11(16-8)13(14)15/h5-6,9-10,12H,2-4,7H2,1H3. The Kier molecular flexibility index (Phi) is 4.06. The molecule has 2 rings (SSSR count). The maximum Gasteiger partial charge on any atom is 0.433 e. The molecule has 1 N–H and O–H groups in total. The van der Waals surface area contributed by atoms with Gasteiger partial charge in [0.25, 0.3) is 0 Å². The third kappa shape index (κ3) is 3.01. The molecule has 1 aliphatic rings. The van der Waals surface area contributed by atoms with Gasteiger partial charge in [-0.2, -0.15) is 11.8 Å². The SMILES string of the molecule is CSC1CCCC1NCc1ccc([N+](=O)[O-])o1. The van der Waals surface area contributed by atoms with E-state index < -0.39 is 4.92 Å². The minimum atomic E-state index is -0.510. The molecule has 1 aromatic heterocycles. The van der Waals surface area contributed by atoms with Crippen LogP contribution in [0.5, 0.6) is 0 Å². The summed E-state index contributed by atoms with van der Waals surface area (Å²) in [5.41, 5.74) is 0. The van der Waals surface area contributed by atoms with Crippen molar-refractivity contribution in [3.05, 3.63) is 28.0 Å². The van der Waals surface area contributed by atoms with Gasteiger partial charge >= 0.3 is 5.88 Å². The highest BCUT2D eigenvalue weighted by atomic mass is 32.2. The van der Waals surface area contributed by atoms with E-state index in [2.05, 4.69) is 11.6 Å². The molecule has 17 heavy (non-hydrogen) atoms. The molecule has 0 amide bonds. The monoisotopic (exact) mass is 256 g/mol. The van der Waals surface area contributed by atoms with Gasteiger partial charge in [0.15, 0.2) is 0 Å². The van der Waals surface area contributed by atoms with E-state index in [1.54, 1.807) is 6.07 Å². The molecule has 5 nitrogen and oxygen atoms in total. The summed E-state index contributed by atoms with van der Waals surface area (Å²) in [7, 11) is 0. The summed E-state index contributed by atoms with van der Waals surface area (Å²) < 4.78 is 5.11. The summed E-state index contributed by atoms with van der Waals surface area (Å²) in [6.45, 7) is 0.565. The molecule has 0 spiro atoms. The summed E-state index contributed by atoms with van der Waals surface area (Å²) in [5, 5.41) is 14.5. The zero-order valence-electron chi connectivity index (χ0n) is 9.72. The molecule has 0 aliphatic heterocycles. The number of rotatable bonds is 5. The number of nitrogens with one attached hydrogen (secondary N) is 1. The average molecular weight is 256 g/mol. The molecular weight excluding hydrogens is 240 g/mol. The number of furan rings is 1. The number of hydrogen-bond acceptors (Lipinski definition) is 5. The first-order valence-corrected chi connectivity index (χ1v) is 6.99. The number of thioether (sulfide) groups is 1. The maximum atomic E-state index is 10.5. The van der Waals surface area contributed by atoms with Crippen molar-refractivity contribution in [2.75, 3.05) is 6.26 Å². The fourth-order valence-corrected chi connectivity index (χ4v) is 3.20. The Labute approximate surface area is 104 Å². The van der Waals surface area contributed by atoms with Crippen LogP contribution in [0.2, 0.25) is 0 Å². The van der Waals surface area contributed by atoms with Gasteiger partial charge in [0.2, 0.25) is 0 Å². The first kappa shape index (κ1) is 12.4. The molecule has 0 bridgehead atoms. The Morgan fingerprint density at radius 3 is 3.06 bits per heavy atom. The van der Waals surface area contributed by atoms with Crippen LogP contribution in [0.25, 0.3) is 0 Å². The lowest BCUT2D eigenvalue weighted by Crippen LogP contribution is -2.33. The Morgan fingerprint density at radius 2 is 2.41 bits per heavy atom. The largest absolute Gasteiger partial charge is 0.433 e. The van der Waals surface area contributed by atoms with Gasteiger partial charge < -0.3 is 9.73 Å². The predicted molar refractivity (Wildman–Crippen MR) is 67.1 cm³/mol. The number of hydrogen-bond donors (Lipinski definition) is 1. The lowest BCUT2D eigenvalue weighted by molar-refractivity contribution is -0.402. The second kappa shape index (κ2) is 5.55. The van der Waals surface area contributed by atoms with Crippen molar-refractivity contribution in [1.82, 2.24) is 5.32 Å². The van der Waals surface area contributed by atoms with E-state index in [4.69, 9.17) is 4.42 Å². The molecule has 2 atom stereocenters. The number of nitro groups is 1. The van der Waals surface area contributed by atoms with E-state index >= 15 is 0 Å². The molecular formula is C11H16N2O3S. The summed E-state index contributed by atoms with van der Waals surface area (Å²) in [4.78, 5) is 9.95. The van der Waals surface area contributed by atoms with Crippen molar-refractivity contribution >= 4 is 17.6 Å². The van der Waals surface area contributed by atoms with Gasteiger partial charge in [-0.3, -0.25) is 10.1 Å². The minimum absolute atomic E-state index is 0.186. The predicted octanol–water partition coefficient (Wildman–Crippen LogP) is 2.56. The molecule has 2 unspecified atom stereocenters. The molecule has 1 heterocycles. The van der Waals surface area contributed by atoms with E-state index in [9.17, 15) is 10.1 Å². The molecule has 1 fully saturated rings. The second-order valence-electron chi connectivity index (χ2n) is 4.19. The average Bonchev–Trinajstić information content (AvgIpc) is 2.95. The van der Waals surface area contributed by atoms with Crippen LogP contribution in [-0.2, 0) is 6.54 Å². The van der Waals surface area contributed by atoms with Gasteiger partial charge in [-0.15, -0.1) is 0 Å². The van der Waals surface area contributed by atoms with Crippen LogP contribution in [-0.4, -0.2) is 22.5 Å². The van der Waals surface area contributed by atoms with Crippen molar-refractivity contribution in [3.63, 3.8) is 0 Å². The zero-order chi connectivity index (χ0) is 12.3. The van der Waals surface area contributed by atoms with Crippen LogP contribution in [0.4, 0.5) is 5.88 Å². The smallest absolute Gasteiger partial charge is 0.404 e. The van der Waals surface area contributed by atoms with E-state index in [-0.39, 0.29) is 5.88 Å². The van der Waals surface area contributed by atoms with E-state index in [0.717, 1.165) is 0 Å². The van der Waals surface area contributed by atoms with Gasteiger partial charge in [-0.25, -0.2) is 0 Å².